The molecule has 0 aliphatic carbocycles. The van der Waals surface area contributed by atoms with Gasteiger partial charge in [-0.05, 0) is 12.3 Å². The molecule has 0 spiro atoms. The minimum absolute atomic E-state index is 0.204. The molecule has 18 heavy (non-hydrogen) atoms. The number of piperazine rings is 1. The molecule has 6 heteroatoms. The Bertz CT molecular complexity index is 288. The van der Waals surface area contributed by atoms with Gasteiger partial charge in [0, 0.05) is 26.2 Å². The third-order valence-electron chi connectivity index (χ3n) is 2.92. The van der Waals surface area contributed by atoms with Crippen molar-refractivity contribution in [2.75, 3.05) is 32.7 Å². The number of aliphatic carboxylic acids is 1. The van der Waals surface area contributed by atoms with Gasteiger partial charge in [-0.2, -0.15) is 0 Å². The van der Waals surface area contributed by atoms with Crippen LogP contribution in [0.1, 0.15) is 20.3 Å². The average molecular weight is 257 g/mol. The zero-order valence-corrected chi connectivity index (χ0v) is 11.1. The van der Waals surface area contributed by atoms with Crippen molar-refractivity contribution in [3.63, 3.8) is 0 Å². The van der Waals surface area contributed by atoms with Crippen molar-refractivity contribution in [3.05, 3.63) is 0 Å². The molecular formula is C12H23N3O3. The number of amides is 1. The summed E-state index contributed by atoms with van der Waals surface area (Å²) in [4.78, 5) is 24.8. The first-order chi connectivity index (χ1) is 8.49. The quantitative estimate of drug-likeness (QED) is 0.598. The number of carbonyl (C=O) groups excluding carboxylic acids is 1. The number of carbonyl (C=O) groups is 2. The Labute approximate surface area is 108 Å². The molecule has 6 nitrogen and oxygen atoms in total. The van der Waals surface area contributed by atoms with Crippen LogP contribution in [0.5, 0.6) is 0 Å². The van der Waals surface area contributed by atoms with Gasteiger partial charge in [-0.3, -0.25) is 9.69 Å². The molecule has 1 aliphatic heterocycles. The second-order valence-corrected chi connectivity index (χ2v) is 5.11. The summed E-state index contributed by atoms with van der Waals surface area (Å²) in [7, 11) is 0. The van der Waals surface area contributed by atoms with E-state index in [9.17, 15) is 9.59 Å². The van der Waals surface area contributed by atoms with Crippen LogP contribution in [0.25, 0.3) is 0 Å². The summed E-state index contributed by atoms with van der Waals surface area (Å²) in [5.74, 6) is -0.923. The number of carboxylic acids is 1. The molecule has 1 atom stereocenters. The molecule has 0 aromatic heterocycles. The number of hydrogen-bond acceptors (Lipinski definition) is 4. The van der Waals surface area contributed by atoms with Crippen molar-refractivity contribution in [2.45, 2.75) is 26.3 Å². The number of hydrogen-bond donors (Lipinski definition) is 3. The van der Waals surface area contributed by atoms with Gasteiger partial charge in [-0.1, -0.05) is 13.8 Å². The molecule has 104 valence electrons. The Kier molecular flexibility index (Phi) is 6.07. The summed E-state index contributed by atoms with van der Waals surface area (Å²) in [6, 6.07) is -0.777. The first kappa shape index (κ1) is 14.9. The Hall–Kier alpha value is -1.14. The van der Waals surface area contributed by atoms with E-state index in [0.717, 1.165) is 26.2 Å². The van der Waals surface area contributed by atoms with Gasteiger partial charge in [0.2, 0.25) is 5.91 Å². The predicted molar refractivity (Wildman–Crippen MR) is 68.3 cm³/mol. The Morgan fingerprint density at radius 1 is 1.33 bits per heavy atom. The van der Waals surface area contributed by atoms with Crippen LogP contribution in [-0.4, -0.2) is 60.6 Å². The van der Waals surface area contributed by atoms with Crippen LogP contribution in [0, 0.1) is 5.92 Å². The van der Waals surface area contributed by atoms with E-state index in [0.29, 0.717) is 6.42 Å². The van der Waals surface area contributed by atoms with Gasteiger partial charge in [-0.25, -0.2) is 4.79 Å². The van der Waals surface area contributed by atoms with Crippen molar-refractivity contribution in [1.82, 2.24) is 15.5 Å². The van der Waals surface area contributed by atoms with Crippen molar-refractivity contribution < 1.29 is 14.7 Å². The summed E-state index contributed by atoms with van der Waals surface area (Å²) in [6.45, 7) is 7.58. The number of rotatable bonds is 6. The summed E-state index contributed by atoms with van der Waals surface area (Å²) >= 11 is 0. The van der Waals surface area contributed by atoms with Crippen LogP contribution in [0.3, 0.4) is 0 Å². The molecule has 1 rings (SSSR count). The molecule has 3 N–H and O–H groups in total. The van der Waals surface area contributed by atoms with E-state index < -0.39 is 12.0 Å². The fraction of sp³-hybridized carbons (Fsp3) is 0.833. The number of nitrogens with zero attached hydrogens (tertiary/aromatic N) is 1. The molecule has 0 saturated carbocycles. The van der Waals surface area contributed by atoms with Crippen molar-refractivity contribution in [3.8, 4) is 0 Å². The van der Waals surface area contributed by atoms with E-state index >= 15 is 0 Å². The van der Waals surface area contributed by atoms with E-state index in [1.807, 2.05) is 18.7 Å². The number of nitrogens with one attached hydrogen (secondary N) is 2. The largest absolute Gasteiger partial charge is 0.480 e. The third kappa shape index (κ3) is 5.46. The lowest BCUT2D eigenvalue weighted by Gasteiger charge is -2.27. The Morgan fingerprint density at radius 2 is 1.94 bits per heavy atom. The standard InChI is InChI=1S/C12H23N3O3/c1-9(2)7-10(12(17)18)14-11(16)8-15-5-3-13-4-6-15/h9-10,13H,3-8H2,1-2H3,(H,14,16)(H,17,18). The monoisotopic (exact) mass is 257 g/mol. The van der Waals surface area contributed by atoms with E-state index in [4.69, 9.17) is 5.11 Å². The van der Waals surface area contributed by atoms with E-state index in [1.54, 1.807) is 0 Å². The fourth-order valence-electron chi connectivity index (χ4n) is 2.01. The smallest absolute Gasteiger partial charge is 0.326 e. The summed E-state index contributed by atoms with van der Waals surface area (Å²) < 4.78 is 0. The van der Waals surface area contributed by atoms with Crippen LogP contribution in [0.2, 0.25) is 0 Å². The molecule has 0 aromatic carbocycles. The van der Waals surface area contributed by atoms with Crippen LogP contribution in [0.4, 0.5) is 0 Å². The maximum atomic E-state index is 11.8. The summed E-state index contributed by atoms with van der Waals surface area (Å²) in [5.41, 5.74) is 0. The van der Waals surface area contributed by atoms with Crippen molar-refractivity contribution in [2.24, 2.45) is 5.92 Å². The van der Waals surface area contributed by atoms with Gasteiger partial charge >= 0.3 is 5.97 Å². The van der Waals surface area contributed by atoms with Gasteiger partial charge in [0.15, 0.2) is 0 Å². The van der Waals surface area contributed by atoms with E-state index in [-0.39, 0.29) is 18.4 Å². The van der Waals surface area contributed by atoms with Gasteiger partial charge in [0.1, 0.15) is 6.04 Å². The summed E-state index contributed by atoms with van der Waals surface area (Å²) in [5, 5.41) is 14.8. The van der Waals surface area contributed by atoms with Crippen molar-refractivity contribution in [1.29, 1.82) is 0 Å². The minimum atomic E-state index is -0.961. The maximum absolute atomic E-state index is 11.8. The van der Waals surface area contributed by atoms with Crippen LogP contribution >= 0.6 is 0 Å². The topological polar surface area (TPSA) is 81.7 Å². The highest BCUT2D eigenvalue weighted by molar-refractivity contribution is 5.84. The van der Waals surface area contributed by atoms with Gasteiger partial charge < -0.3 is 15.7 Å². The van der Waals surface area contributed by atoms with E-state index in [2.05, 4.69) is 10.6 Å². The van der Waals surface area contributed by atoms with Crippen LogP contribution < -0.4 is 10.6 Å². The summed E-state index contributed by atoms with van der Waals surface area (Å²) in [6.07, 6.45) is 0.461. The van der Waals surface area contributed by atoms with Gasteiger partial charge in [-0.15, -0.1) is 0 Å². The van der Waals surface area contributed by atoms with Crippen LogP contribution in [-0.2, 0) is 9.59 Å². The van der Waals surface area contributed by atoms with Gasteiger partial charge in [0.25, 0.3) is 0 Å². The minimum Gasteiger partial charge on any atom is -0.480 e. The van der Waals surface area contributed by atoms with Crippen molar-refractivity contribution >= 4 is 11.9 Å². The molecule has 1 saturated heterocycles. The zero-order chi connectivity index (χ0) is 13.5. The SMILES string of the molecule is CC(C)CC(NC(=O)CN1CCNCC1)C(=O)O. The molecule has 0 aromatic rings. The first-order valence-electron chi connectivity index (χ1n) is 6.44. The zero-order valence-electron chi connectivity index (χ0n) is 11.1. The lowest BCUT2D eigenvalue weighted by molar-refractivity contribution is -0.142. The maximum Gasteiger partial charge on any atom is 0.326 e. The lowest BCUT2D eigenvalue weighted by Crippen LogP contribution is -2.50. The Morgan fingerprint density at radius 3 is 2.44 bits per heavy atom. The first-order valence-corrected chi connectivity index (χ1v) is 6.44. The number of carboxylic acid groups (broad SMARTS) is 1. The molecule has 1 heterocycles. The fourth-order valence-corrected chi connectivity index (χ4v) is 2.01. The molecular weight excluding hydrogens is 234 g/mol. The molecule has 0 bridgehead atoms. The third-order valence-corrected chi connectivity index (χ3v) is 2.92. The van der Waals surface area contributed by atoms with E-state index in [1.165, 1.54) is 0 Å². The normalized spacial score (nSPS) is 18.6. The Balaban J connectivity index is 2.37. The second kappa shape index (κ2) is 7.33. The predicted octanol–water partition coefficient (Wildman–Crippen LogP) is -0.493. The highest BCUT2D eigenvalue weighted by Gasteiger charge is 2.22. The molecule has 1 amide bonds. The molecule has 1 aliphatic rings. The highest BCUT2D eigenvalue weighted by Crippen LogP contribution is 2.05. The average Bonchev–Trinajstić information content (AvgIpc) is 2.28. The highest BCUT2D eigenvalue weighted by atomic mass is 16.4. The molecule has 1 fully saturated rings. The lowest BCUT2D eigenvalue weighted by atomic mass is 10.0. The van der Waals surface area contributed by atoms with Gasteiger partial charge in [0.05, 0.1) is 6.54 Å². The second-order valence-electron chi connectivity index (χ2n) is 5.11. The van der Waals surface area contributed by atoms with Crippen LogP contribution in [0.15, 0.2) is 0 Å². The molecule has 1 unspecified atom stereocenters. The molecule has 0 radical (unpaired) electrons.